The van der Waals surface area contributed by atoms with Gasteiger partial charge in [-0.2, -0.15) is 0 Å². The van der Waals surface area contributed by atoms with E-state index in [1.165, 1.54) is 13.8 Å². The molecule has 0 amide bonds. The van der Waals surface area contributed by atoms with E-state index in [4.69, 9.17) is 14.2 Å². The lowest BCUT2D eigenvalue weighted by Gasteiger charge is -2.49. The van der Waals surface area contributed by atoms with Crippen LogP contribution in [0.15, 0.2) is 0 Å². The number of hydrogen-bond donors (Lipinski definition) is 8. The van der Waals surface area contributed by atoms with Crippen molar-refractivity contribution < 1.29 is 55.1 Å². The molecule has 2 aliphatic rings. The molecule has 0 radical (unpaired) electrons. The Kier molecular flexibility index (Phi) is 6.97. The molecule has 8 N–H and O–H groups in total. The van der Waals surface area contributed by atoms with Crippen molar-refractivity contribution in [1.29, 1.82) is 0 Å². The topological polar surface area (TPSA) is 190 Å². The van der Waals surface area contributed by atoms with Crippen LogP contribution in [0, 0.1) is 5.92 Å². The molecule has 0 bridgehead atoms. The van der Waals surface area contributed by atoms with Crippen molar-refractivity contribution >= 4 is 0 Å². The molecule has 0 saturated carbocycles. The van der Waals surface area contributed by atoms with Crippen molar-refractivity contribution in [2.45, 2.75) is 74.8 Å². The van der Waals surface area contributed by atoms with Crippen LogP contribution in [0.2, 0.25) is 0 Å². The zero-order valence-electron chi connectivity index (χ0n) is 14.5. The molecule has 2 saturated heterocycles. The lowest BCUT2D eigenvalue weighted by Crippen LogP contribution is -2.65. The maximum Gasteiger partial charge on any atom is 0.187 e. The Morgan fingerprint density at radius 1 is 0.731 bits per heavy atom. The van der Waals surface area contributed by atoms with Crippen molar-refractivity contribution in [1.82, 2.24) is 0 Å². The summed E-state index contributed by atoms with van der Waals surface area (Å²) in [6.07, 6.45) is -13.5. The Morgan fingerprint density at radius 2 is 1.31 bits per heavy atom. The highest BCUT2D eigenvalue weighted by molar-refractivity contribution is 4.98. The van der Waals surface area contributed by atoms with E-state index in [-0.39, 0.29) is 0 Å². The molecule has 10 atom stereocenters. The largest absolute Gasteiger partial charge is 0.394 e. The summed E-state index contributed by atoms with van der Waals surface area (Å²) >= 11 is 0. The normalized spacial score (nSPS) is 47.8. The van der Waals surface area contributed by atoms with Gasteiger partial charge in [0.05, 0.1) is 31.0 Å². The van der Waals surface area contributed by atoms with Crippen LogP contribution in [0.4, 0.5) is 0 Å². The van der Waals surface area contributed by atoms with Crippen LogP contribution < -0.4 is 0 Å². The molecule has 26 heavy (non-hydrogen) atoms. The van der Waals surface area contributed by atoms with E-state index in [1.807, 2.05) is 0 Å². The van der Waals surface area contributed by atoms with E-state index in [0.29, 0.717) is 0 Å². The Labute approximate surface area is 150 Å². The summed E-state index contributed by atoms with van der Waals surface area (Å²) in [7, 11) is 0. The van der Waals surface area contributed by atoms with Gasteiger partial charge in [0.1, 0.15) is 30.5 Å². The van der Waals surface area contributed by atoms with Crippen LogP contribution >= 0.6 is 0 Å². The third-order valence-corrected chi connectivity index (χ3v) is 4.98. The number of rotatable bonds is 5. The monoisotopic (exact) mass is 384 g/mol. The average molecular weight is 384 g/mol. The summed E-state index contributed by atoms with van der Waals surface area (Å²) in [6, 6.07) is 0. The minimum Gasteiger partial charge on any atom is -0.394 e. The minimum atomic E-state index is -1.69. The highest BCUT2D eigenvalue weighted by atomic mass is 16.7. The minimum absolute atomic E-state index is 0.590. The summed E-state index contributed by atoms with van der Waals surface area (Å²) in [6.45, 7) is 1.72. The number of ether oxygens (including phenoxy) is 3. The molecular weight excluding hydrogens is 356 g/mol. The van der Waals surface area contributed by atoms with E-state index < -0.39 is 80.0 Å². The van der Waals surface area contributed by atoms with Gasteiger partial charge in [-0.3, -0.25) is 0 Å². The van der Waals surface area contributed by atoms with E-state index in [2.05, 4.69) is 0 Å². The number of hydrogen-bond acceptors (Lipinski definition) is 11. The Balaban J connectivity index is 2.20. The first-order chi connectivity index (χ1) is 12.0. The third-order valence-electron chi connectivity index (χ3n) is 4.98. The first kappa shape index (κ1) is 21.9. The summed E-state index contributed by atoms with van der Waals surface area (Å²) in [5.74, 6) is -1.04. The molecular formula is C15H28O11. The number of aliphatic hydroxyl groups is 8. The van der Waals surface area contributed by atoms with Crippen molar-refractivity contribution in [3.05, 3.63) is 0 Å². The molecule has 0 aromatic carbocycles. The van der Waals surface area contributed by atoms with Gasteiger partial charge in [-0.1, -0.05) is 0 Å². The smallest absolute Gasteiger partial charge is 0.187 e. The van der Waals surface area contributed by atoms with Crippen LogP contribution in [-0.4, -0.2) is 115 Å². The van der Waals surface area contributed by atoms with Crippen LogP contribution in [-0.2, 0) is 14.2 Å². The molecule has 2 fully saturated rings. The highest BCUT2D eigenvalue weighted by Crippen LogP contribution is 2.38. The fourth-order valence-electron chi connectivity index (χ4n) is 3.50. The average Bonchev–Trinajstić information content (AvgIpc) is 2.59. The molecule has 11 nitrogen and oxygen atoms in total. The zero-order chi connectivity index (χ0) is 19.8. The molecule has 0 aliphatic carbocycles. The predicted octanol–water partition coefficient (Wildman–Crippen LogP) is -4.37. The molecule has 154 valence electrons. The maximum atomic E-state index is 10.3. The van der Waals surface area contributed by atoms with E-state index in [1.54, 1.807) is 0 Å². The van der Waals surface area contributed by atoms with Gasteiger partial charge < -0.3 is 55.1 Å². The Morgan fingerprint density at radius 3 is 1.85 bits per heavy atom. The highest BCUT2D eigenvalue weighted by Gasteiger charge is 2.53. The first-order valence-electron chi connectivity index (χ1n) is 8.34. The van der Waals surface area contributed by atoms with Crippen LogP contribution in [0.3, 0.4) is 0 Å². The van der Waals surface area contributed by atoms with Crippen molar-refractivity contribution in [2.24, 2.45) is 5.92 Å². The molecule has 10 unspecified atom stereocenters. The molecule has 0 spiro atoms. The summed E-state index contributed by atoms with van der Waals surface area (Å²) in [5.41, 5.74) is -1.39. The van der Waals surface area contributed by atoms with E-state index >= 15 is 0 Å². The van der Waals surface area contributed by atoms with E-state index in [9.17, 15) is 40.9 Å². The van der Waals surface area contributed by atoms with Gasteiger partial charge in [-0.25, -0.2) is 0 Å². The van der Waals surface area contributed by atoms with Gasteiger partial charge in [0.25, 0.3) is 0 Å². The molecule has 2 rings (SSSR count). The fourth-order valence-corrected chi connectivity index (χ4v) is 3.50. The maximum absolute atomic E-state index is 10.3. The summed E-state index contributed by atoms with van der Waals surface area (Å²) in [4.78, 5) is 0. The van der Waals surface area contributed by atoms with Gasteiger partial charge in [-0.05, 0) is 13.8 Å². The Hall–Kier alpha value is -0.440. The molecule has 0 aromatic rings. The lowest BCUT2D eigenvalue weighted by atomic mass is 9.77. The SMILES string of the molecule is CC(C)(OC1OC(CO)C(O)C(O)C1O)C1C(CO)OC(O)C(O)C1O. The van der Waals surface area contributed by atoms with Crippen LogP contribution in [0.1, 0.15) is 13.8 Å². The fraction of sp³-hybridized carbons (Fsp3) is 1.00. The third kappa shape index (κ3) is 4.03. The van der Waals surface area contributed by atoms with Crippen molar-refractivity contribution in [3.63, 3.8) is 0 Å². The van der Waals surface area contributed by atoms with Gasteiger partial charge in [0.15, 0.2) is 12.6 Å². The Bertz CT molecular complexity index is 457. The van der Waals surface area contributed by atoms with Crippen molar-refractivity contribution in [3.8, 4) is 0 Å². The summed E-state index contributed by atoms with van der Waals surface area (Å²) in [5, 5.41) is 78.2. The summed E-state index contributed by atoms with van der Waals surface area (Å²) < 4.78 is 16.0. The standard InChI is InChI=1S/C15H28O11/c1-15(2,7-5(3-16)24-13(23)11(21)9(7)19)26-14-12(22)10(20)8(18)6(4-17)25-14/h5-14,16-23H,3-4H2,1-2H3. The molecule has 0 aromatic heterocycles. The molecule has 2 aliphatic heterocycles. The second-order valence-electron chi connectivity index (χ2n) is 7.17. The number of aliphatic hydroxyl groups excluding tert-OH is 8. The van der Waals surface area contributed by atoms with Gasteiger partial charge in [-0.15, -0.1) is 0 Å². The lowest BCUT2D eigenvalue weighted by molar-refractivity contribution is -0.351. The van der Waals surface area contributed by atoms with Crippen molar-refractivity contribution in [2.75, 3.05) is 13.2 Å². The van der Waals surface area contributed by atoms with Gasteiger partial charge in [0, 0.05) is 5.92 Å². The second kappa shape index (κ2) is 8.29. The van der Waals surface area contributed by atoms with Gasteiger partial charge in [0.2, 0.25) is 0 Å². The van der Waals surface area contributed by atoms with E-state index in [0.717, 1.165) is 0 Å². The first-order valence-corrected chi connectivity index (χ1v) is 8.34. The molecule has 11 heteroatoms. The van der Waals surface area contributed by atoms with Crippen LogP contribution in [0.5, 0.6) is 0 Å². The molecule has 2 heterocycles. The zero-order valence-corrected chi connectivity index (χ0v) is 14.5. The second-order valence-corrected chi connectivity index (χ2v) is 7.17. The predicted molar refractivity (Wildman–Crippen MR) is 82.4 cm³/mol. The van der Waals surface area contributed by atoms with Gasteiger partial charge >= 0.3 is 0 Å². The van der Waals surface area contributed by atoms with Crippen LogP contribution in [0.25, 0.3) is 0 Å². The quantitative estimate of drug-likeness (QED) is 0.228.